The van der Waals surface area contributed by atoms with Crippen LogP contribution in [0.2, 0.25) is 0 Å². The highest BCUT2D eigenvalue weighted by Crippen LogP contribution is 2.42. The molecule has 0 amide bonds. The molecule has 1 aliphatic heterocycles. The summed E-state index contributed by atoms with van der Waals surface area (Å²) in [4.78, 5) is 0. The summed E-state index contributed by atoms with van der Waals surface area (Å²) in [5.74, 6) is 2.55. The van der Waals surface area contributed by atoms with Crippen LogP contribution < -0.4 is 0 Å². The van der Waals surface area contributed by atoms with Gasteiger partial charge in [-0.25, -0.2) is 0 Å². The number of fused-ring (bicyclic) bond motifs is 1. The highest BCUT2D eigenvalue weighted by atomic mass is 32.2. The van der Waals surface area contributed by atoms with E-state index in [4.69, 9.17) is 12.2 Å². The lowest BCUT2D eigenvalue weighted by Crippen LogP contribution is -1.87. The Kier molecular flexibility index (Phi) is 3.54. The second-order valence-electron chi connectivity index (χ2n) is 2.43. The van der Waals surface area contributed by atoms with Crippen LogP contribution in [0, 0.1) is 3.14 Å². The molecule has 1 aromatic rings. The third kappa shape index (κ3) is 2.26. The summed E-state index contributed by atoms with van der Waals surface area (Å²) in [5.41, 5.74) is 0. The number of hydrogen-bond acceptors (Lipinski definition) is 5. The molecule has 0 N–H and O–H groups in total. The third-order valence-electron chi connectivity index (χ3n) is 1.52. The first-order valence-electron chi connectivity index (χ1n) is 3.76. The van der Waals surface area contributed by atoms with Crippen molar-refractivity contribution in [2.75, 3.05) is 11.5 Å². The molecule has 2 heterocycles. The molecule has 0 bridgehead atoms. The van der Waals surface area contributed by atoms with Crippen molar-refractivity contribution in [1.82, 2.24) is 0 Å². The van der Waals surface area contributed by atoms with E-state index in [1.54, 1.807) is 22.7 Å². The predicted molar refractivity (Wildman–Crippen MR) is 63.7 cm³/mol. The van der Waals surface area contributed by atoms with E-state index in [9.17, 15) is 0 Å². The summed E-state index contributed by atoms with van der Waals surface area (Å²) in [6, 6.07) is 0. The van der Waals surface area contributed by atoms with Crippen LogP contribution in [-0.2, 0) is 0 Å². The predicted octanol–water partition coefficient (Wildman–Crippen LogP) is 4.52. The van der Waals surface area contributed by atoms with Gasteiger partial charge in [-0.1, -0.05) is 12.2 Å². The van der Waals surface area contributed by atoms with Gasteiger partial charge in [0, 0.05) is 0 Å². The van der Waals surface area contributed by atoms with E-state index in [1.807, 2.05) is 23.5 Å². The van der Waals surface area contributed by atoms with Gasteiger partial charge in [-0.2, -0.15) is 0 Å². The van der Waals surface area contributed by atoms with Crippen LogP contribution in [0.3, 0.4) is 0 Å². The third-order valence-corrected chi connectivity index (χ3v) is 7.28. The largest absolute Gasteiger partial charge is 0.145 e. The van der Waals surface area contributed by atoms with E-state index in [1.165, 1.54) is 32.8 Å². The van der Waals surface area contributed by atoms with E-state index in [0.717, 1.165) is 3.14 Å². The fourth-order valence-corrected chi connectivity index (χ4v) is 7.22. The topological polar surface area (TPSA) is 0 Å². The zero-order valence-electron chi connectivity index (χ0n) is 6.37. The summed E-state index contributed by atoms with van der Waals surface area (Å²) in [7, 11) is 0. The first kappa shape index (κ1) is 9.52. The molecular weight excluding hydrogens is 244 g/mol. The summed E-state index contributed by atoms with van der Waals surface area (Å²) in [6.45, 7) is 0. The van der Waals surface area contributed by atoms with Crippen molar-refractivity contribution < 1.29 is 0 Å². The molecule has 0 atom stereocenters. The lowest BCUT2D eigenvalue weighted by molar-refractivity contribution is 0.904. The molecule has 0 aliphatic carbocycles. The Morgan fingerprint density at radius 3 is 1.92 bits per heavy atom. The van der Waals surface area contributed by atoms with Gasteiger partial charge in [0.15, 0.2) is 0 Å². The maximum absolute atomic E-state index is 5.18. The average Bonchev–Trinajstić information content (AvgIpc) is 2.32. The lowest BCUT2D eigenvalue weighted by Gasteiger charge is -2.06. The van der Waals surface area contributed by atoms with Gasteiger partial charge in [0.1, 0.15) is 3.14 Å². The highest BCUT2D eigenvalue weighted by molar-refractivity contribution is 8.05. The summed E-state index contributed by atoms with van der Waals surface area (Å²) < 4.78 is 4.02. The fourth-order valence-electron chi connectivity index (χ4n) is 0.966. The molecule has 0 aromatic carbocycles. The van der Waals surface area contributed by atoms with Gasteiger partial charge in [-0.3, -0.25) is 0 Å². The molecule has 2 rings (SSSR count). The maximum Gasteiger partial charge on any atom is 0.145 e. The van der Waals surface area contributed by atoms with Gasteiger partial charge in [-0.15, -0.1) is 46.2 Å². The molecule has 66 valence electrons. The highest BCUT2D eigenvalue weighted by Gasteiger charge is 2.10. The standard InChI is InChI=1S/C7H8S5/c8-7-11-5-6(12-7)10-4-2-1-3-9-5/h1-4H2. The van der Waals surface area contributed by atoms with Crippen molar-refractivity contribution >= 4 is 58.4 Å². The monoisotopic (exact) mass is 252 g/mol. The van der Waals surface area contributed by atoms with Crippen molar-refractivity contribution in [2.24, 2.45) is 0 Å². The number of thioether (sulfide) groups is 2. The quantitative estimate of drug-likeness (QED) is 0.623. The van der Waals surface area contributed by atoms with Crippen molar-refractivity contribution in [2.45, 2.75) is 21.3 Å². The Morgan fingerprint density at radius 2 is 1.42 bits per heavy atom. The van der Waals surface area contributed by atoms with Crippen molar-refractivity contribution in [1.29, 1.82) is 0 Å². The van der Waals surface area contributed by atoms with Crippen molar-refractivity contribution in [3.63, 3.8) is 0 Å². The van der Waals surface area contributed by atoms with Crippen LogP contribution >= 0.6 is 58.4 Å². The van der Waals surface area contributed by atoms with Gasteiger partial charge in [0.2, 0.25) is 0 Å². The van der Waals surface area contributed by atoms with Gasteiger partial charge in [0.05, 0.1) is 8.42 Å². The van der Waals surface area contributed by atoms with E-state index < -0.39 is 0 Å². The molecule has 0 saturated heterocycles. The minimum atomic E-state index is 1.09. The van der Waals surface area contributed by atoms with Gasteiger partial charge < -0.3 is 0 Å². The van der Waals surface area contributed by atoms with Crippen molar-refractivity contribution in [3.8, 4) is 0 Å². The van der Waals surface area contributed by atoms with Gasteiger partial charge in [-0.05, 0) is 24.3 Å². The Balaban J connectivity index is 2.29. The second-order valence-corrected chi connectivity index (χ2v) is 8.38. The molecule has 5 heteroatoms. The minimum Gasteiger partial charge on any atom is -0.113 e. The van der Waals surface area contributed by atoms with Crippen molar-refractivity contribution in [3.05, 3.63) is 3.14 Å². The van der Waals surface area contributed by atoms with Crippen LogP contribution in [0.15, 0.2) is 8.42 Å². The van der Waals surface area contributed by atoms with E-state index in [-0.39, 0.29) is 0 Å². The molecule has 0 nitrogen and oxygen atoms in total. The molecule has 0 radical (unpaired) electrons. The molecule has 0 spiro atoms. The molecule has 0 fully saturated rings. The zero-order chi connectivity index (χ0) is 8.39. The summed E-state index contributed by atoms with van der Waals surface area (Å²) >= 11 is 12.7. The number of hydrogen-bond donors (Lipinski definition) is 0. The van der Waals surface area contributed by atoms with Gasteiger partial charge >= 0.3 is 0 Å². The first-order valence-corrected chi connectivity index (χ1v) is 7.77. The normalized spacial score (nSPS) is 18.0. The molecule has 0 unspecified atom stereocenters. The molecular formula is C7H8S5. The Morgan fingerprint density at radius 1 is 0.917 bits per heavy atom. The molecule has 0 saturated carbocycles. The second kappa shape index (κ2) is 4.46. The summed E-state index contributed by atoms with van der Waals surface area (Å²) in [6.07, 6.45) is 2.71. The molecule has 12 heavy (non-hydrogen) atoms. The van der Waals surface area contributed by atoms with E-state index in [0.29, 0.717) is 0 Å². The van der Waals surface area contributed by atoms with Crippen LogP contribution in [0.5, 0.6) is 0 Å². The van der Waals surface area contributed by atoms with Crippen LogP contribution in [0.25, 0.3) is 0 Å². The van der Waals surface area contributed by atoms with E-state index in [2.05, 4.69) is 0 Å². The van der Waals surface area contributed by atoms with Crippen LogP contribution in [-0.4, -0.2) is 11.5 Å². The Hall–Kier alpha value is 0.970. The Bertz CT molecular complexity index is 281. The first-order chi connectivity index (χ1) is 5.86. The van der Waals surface area contributed by atoms with Crippen LogP contribution in [0.4, 0.5) is 0 Å². The molecule has 1 aliphatic rings. The number of rotatable bonds is 0. The Labute approximate surface area is 93.8 Å². The zero-order valence-corrected chi connectivity index (χ0v) is 10.5. The SMILES string of the molecule is S=c1sc2c(s1)SCCCCS2. The van der Waals surface area contributed by atoms with E-state index >= 15 is 0 Å². The van der Waals surface area contributed by atoms with Gasteiger partial charge in [0.25, 0.3) is 0 Å². The van der Waals surface area contributed by atoms with Crippen LogP contribution in [0.1, 0.15) is 12.8 Å². The lowest BCUT2D eigenvalue weighted by atomic mass is 10.4. The summed E-state index contributed by atoms with van der Waals surface area (Å²) in [5, 5.41) is 0. The fraction of sp³-hybridized carbons (Fsp3) is 0.571. The molecule has 1 aromatic heterocycles. The average molecular weight is 252 g/mol. The smallest absolute Gasteiger partial charge is 0.113 e. The minimum absolute atomic E-state index is 1.09. The maximum atomic E-state index is 5.18.